The fraction of sp³-hybridized carbons (Fsp3) is 0.364. The van der Waals surface area contributed by atoms with Crippen LogP contribution in [0.25, 0.3) is 5.65 Å². The highest BCUT2D eigenvalue weighted by molar-refractivity contribution is 5.94. The molecule has 2 heterocycles. The molecule has 0 aliphatic carbocycles. The number of nitrogens with zero attached hydrogens (tertiary/aromatic N) is 3. The van der Waals surface area contributed by atoms with E-state index in [0.29, 0.717) is 11.3 Å². The Balaban J connectivity index is 0.00000162. The summed E-state index contributed by atoms with van der Waals surface area (Å²) >= 11 is 0. The molecule has 0 fully saturated rings. The van der Waals surface area contributed by atoms with E-state index < -0.39 is 11.6 Å². The van der Waals surface area contributed by atoms with Crippen molar-refractivity contribution in [3.05, 3.63) is 29.2 Å². The van der Waals surface area contributed by atoms with Crippen molar-refractivity contribution in [2.75, 3.05) is 0 Å². The molecule has 5 N–H and O–H groups in total. The zero-order chi connectivity index (χ0) is 12.8. The van der Waals surface area contributed by atoms with E-state index in [2.05, 4.69) is 10.1 Å². The van der Waals surface area contributed by atoms with E-state index in [1.807, 2.05) is 0 Å². The maximum absolute atomic E-state index is 10.9. The number of carboxylic acids is 1. The highest BCUT2D eigenvalue weighted by Crippen LogP contribution is 2.23. The minimum Gasteiger partial charge on any atom is -0.477 e. The summed E-state index contributed by atoms with van der Waals surface area (Å²) in [5.41, 5.74) is 0.582. The summed E-state index contributed by atoms with van der Waals surface area (Å²) in [6.45, 7) is 5.05. The van der Waals surface area contributed by atoms with Gasteiger partial charge in [-0.25, -0.2) is 14.3 Å². The number of aromatic carboxylic acids is 1. The van der Waals surface area contributed by atoms with Crippen molar-refractivity contribution in [2.45, 2.75) is 26.4 Å². The van der Waals surface area contributed by atoms with Crippen molar-refractivity contribution in [2.24, 2.45) is 0 Å². The van der Waals surface area contributed by atoms with Crippen LogP contribution in [0.15, 0.2) is 12.4 Å². The highest BCUT2D eigenvalue weighted by Gasteiger charge is 2.22. The van der Waals surface area contributed by atoms with Crippen LogP contribution in [-0.4, -0.2) is 30.8 Å². The van der Waals surface area contributed by atoms with E-state index in [1.54, 1.807) is 20.8 Å². The van der Waals surface area contributed by atoms with E-state index in [4.69, 9.17) is 5.11 Å². The second-order valence-corrected chi connectivity index (χ2v) is 4.42. The number of carbonyl (C=O) groups is 1. The first-order valence-electron chi connectivity index (χ1n) is 5.12. The van der Waals surface area contributed by atoms with E-state index in [0.717, 1.165) is 0 Å². The number of carboxylic acid groups (broad SMARTS) is 1. The summed E-state index contributed by atoms with van der Waals surface area (Å²) in [4.78, 5) is 15.0. The molecule has 0 aromatic carbocycles. The summed E-state index contributed by atoms with van der Waals surface area (Å²) in [6.07, 6.45) is 2.74. The largest absolute Gasteiger partial charge is 0.477 e. The van der Waals surface area contributed by atoms with E-state index in [9.17, 15) is 9.90 Å². The number of rotatable bonds is 2. The third-order valence-electron chi connectivity index (χ3n) is 2.66. The van der Waals surface area contributed by atoms with Gasteiger partial charge >= 0.3 is 5.97 Å². The van der Waals surface area contributed by atoms with E-state index >= 15 is 0 Å². The molecule has 2 aromatic rings. The van der Waals surface area contributed by atoms with E-state index in [1.165, 1.54) is 16.9 Å². The minimum atomic E-state index is -1.07. The number of aryl methyl sites for hydroxylation is 1. The van der Waals surface area contributed by atoms with Crippen molar-refractivity contribution < 1.29 is 15.0 Å². The summed E-state index contributed by atoms with van der Waals surface area (Å²) in [7, 11) is 0. The molecule has 98 valence electrons. The molecule has 18 heavy (non-hydrogen) atoms. The lowest BCUT2D eigenvalue weighted by molar-refractivity contribution is 0.0698. The summed E-state index contributed by atoms with van der Waals surface area (Å²) < 4.78 is 1.43. The quantitative estimate of drug-likeness (QED) is 0.736. The third kappa shape index (κ3) is 2.05. The fourth-order valence-electron chi connectivity index (χ4n) is 1.80. The summed E-state index contributed by atoms with van der Waals surface area (Å²) in [6, 6.07) is 0. The molecule has 2 aromatic heterocycles. The predicted octanol–water partition coefficient (Wildman–Crippen LogP) is 1.13. The molecular weight excluding hydrogens is 236 g/mol. The topological polar surface area (TPSA) is 123 Å². The number of fused-ring (bicyclic) bond motifs is 1. The van der Waals surface area contributed by atoms with Gasteiger partial charge in [0.05, 0.1) is 11.8 Å². The third-order valence-corrected chi connectivity index (χ3v) is 2.66. The Bertz CT molecular complexity index is 598. The Labute approximate surface area is 104 Å². The number of aliphatic hydroxyl groups is 1. The zero-order valence-corrected chi connectivity index (χ0v) is 10.5. The van der Waals surface area contributed by atoms with Crippen LogP contribution in [-0.2, 0) is 5.60 Å². The second kappa shape index (κ2) is 4.35. The van der Waals surface area contributed by atoms with Crippen LogP contribution in [0.3, 0.4) is 0 Å². The van der Waals surface area contributed by atoms with Crippen LogP contribution in [0.2, 0.25) is 0 Å². The summed E-state index contributed by atoms with van der Waals surface area (Å²) in [5.74, 6) is -1.07. The Kier molecular flexibility index (Phi) is 3.40. The van der Waals surface area contributed by atoms with Crippen LogP contribution >= 0.6 is 0 Å². The lowest BCUT2D eigenvalue weighted by atomic mass is 9.99. The highest BCUT2D eigenvalue weighted by atomic mass is 16.4. The molecule has 0 unspecified atom stereocenters. The second-order valence-electron chi connectivity index (χ2n) is 4.42. The Morgan fingerprint density at radius 3 is 2.50 bits per heavy atom. The van der Waals surface area contributed by atoms with Gasteiger partial charge in [0.15, 0.2) is 5.65 Å². The Morgan fingerprint density at radius 2 is 2.00 bits per heavy atom. The average molecular weight is 252 g/mol. The maximum Gasteiger partial charge on any atom is 0.341 e. The first kappa shape index (κ1) is 14.1. The molecule has 7 heteroatoms. The van der Waals surface area contributed by atoms with Gasteiger partial charge in [0.2, 0.25) is 0 Å². The molecule has 2 rings (SSSR count). The van der Waals surface area contributed by atoms with Gasteiger partial charge in [0, 0.05) is 17.5 Å². The Morgan fingerprint density at radius 1 is 1.39 bits per heavy atom. The molecule has 0 amide bonds. The average Bonchev–Trinajstić information content (AvgIpc) is 2.60. The zero-order valence-electron chi connectivity index (χ0n) is 10.5. The summed E-state index contributed by atoms with van der Waals surface area (Å²) in [5, 5.41) is 22.9. The maximum atomic E-state index is 10.9. The van der Waals surface area contributed by atoms with Crippen LogP contribution < -0.4 is 6.15 Å². The molecule has 0 aliphatic rings. The SMILES string of the molecule is Cc1c(C(C)(C)O)cnc2c(C(=O)O)cnn12.N. The normalized spacial score (nSPS) is 11.3. The van der Waals surface area contributed by atoms with Crippen molar-refractivity contribution in [1.82, 2.24) is 20.7 Å². The molecular formula is C11H16N4O3. The first-order valence-corrected chi connectivity index (χ1v) is 5.12. The van der Waals surface area contributed by atoms with Gasteiger partial charge in [0.1, 0.15) is 5.56 Å². The number of hydrogen-bond donors (Lipinski definition) is 3. The molecule has 0 radical (unpaired) electrons. The first-order chi connectivity index (χ1) is 7.82. The van der Waals surface area contributed by atoms with Crippen molar-refractivity contribution >= 4 is 11.6 Å². The lowest BCUT2D eigenvalue weighted by Gasteiger charge is -2.19. The predicted molar refractivity (Wildman–Crippen MR) is 65.0 cm³/mol. The number of hydrogen-bond acceptors (Lipinski definition) is 5. The van der Waals surface area contributed by atoms with Crippen molar-refractivity contribution in [3.8, 4) is 0 Å². The standard InChI is InChI=1S/C11H13N3O3.H3N/c1-6-8(11(2,3)17)5-12-9-7(10(15)16)4-13-14(6)9;/h4-5,17H,1-3H3,(H,15,16);1H3. The van der Waals surface area contributed by atoms with Gasteiger partial charge < -0.3 is 16.4 Å². The molecule has 0 bridgehead atoms. The smallest absolute Gasteiger partial charge is 0.341 e. The van der Waals surface area contributed by atoms with Crippen LogP contribution in [0.1, 0.15) is 35.5 Å². The molecule has 0 atom stereocenters. The lowest BCUT2D eigenvalue weighted by Crippen LogP contribution is -2.19. The van der Waals surface area contributed by atoms with Gasteiger partial charge in [-0.05, 0) is 20.8 Å². The van der Waals surface area contributed by atoms with Crippen LogP contribution in [0, 0.1) is 6.92 Å². The fourth-order valence-corrected chi connectivity index (χ4v) is 1.80. The molecule has 0 saturated heterocycles. The molecule has 0 aliphatic heterocycles. The van der Waals surface area contributed by atoms with Crippen LogP contribution in [0.5, 0.6) is 0 Å². The Hall–Kier alpha value is -1.99. The molecule has 7 nitrogen and oxygen atoms in total. The minimum absolute atomic E-state index is 0. The van der Waals surface area contributed by atoms with Gasteiger partial charge in [-0.1, -0.05) is 0 Å². The molecule has 0 spiro atoms. The van der Waals surface area contributed by atoms with Gasteiger partial charge in [0.25, 0.3) is 0 Å². The van der Waals surface area contributed by atoms with Gasteiger partial charge in [-0.3, -0.25) is 0 Å². The van der Waals surface area contributed by atoms with Crippen molar-refractivity contribution in [3.63, 3.8) is 0 Å². The van der Waals surface area contributed by atoms with Crippen LogP contribution in [0.4, 0.5) is 0 Å². The number of aromatic nitrogens is 3. The van der Waals surface area contributed by atoms with Crippen molar-refractivity contribution in [1.29, 1.82) is 0 Å². The van der Waals surface area contributed by atoms with Gasteiger partial charge in [-0.2, -0.15) is 5.10 Å². The molecule has 0 saturated carbocycles. The van der Waals surface area contributed by atoms with E-state index in [-0.39, 0.29) is 17.4 Å². The van der Waals surface area contributed by atoms with Gasteiger partial charge in [-0.15, -0.1) is 0 Å². The monoisotopic (exact) mass is 252 g/mol.